The van der Waals surface area contributed by atoms with Crippen LogP contribution in [0.1, 0.15) is 22.8 Å². The molecule has 0 radical (unpaired) electrons. The van der Waals surface area contributed by atoms with Gasteiger partial charge in [-0.15, -0.1) is 0 Å². The maximum Gasteiger partial charge on any atom is 0.387 e. The van der Waals surface area contributed by atoms with E-state index in [1.54, 1.807) is 0 Å². The number of ether oxygens (including phenoxy) is 1. The molecule has 1 heterocycles. The molecule has 3 amide bonds. The number of amides is 3. The number of carbonyl (C=O) groups excluding carboxylic acids is 3. The zero-order valence-corrected chi connectivity index (χ0v) is 14.6. The normalized spacial score (nSPS) is 19.1. The number of ketones is 1. The lowest BCUT2D eigenvalue weighted by molar-refractivity contribution is -0.130. The predicted octanol–water partition coefficient (Wildman–Crippen LogP) is 3.08. The third-order valence-corrected chi connectivity index (χ3v) is 4.40. The molecule has 1 saturated heterocycles. The molecule has 0 saturated carbocycles. The van der Waals surface area contributed by atoms with E-state index in [0.29, 0.717) is 5.56 Å². The highest BCUT2D eigenvalue weighted by atomic mass is 19.3. The maximum atomic E-state index is 13.0. The standard InChI is InChI=1S/C19H15F3N2O4/c1-19(12-4-8-14(9-5-12)28-17(21)22)16(26)24(18(27)23-19)10-15(25)11-2-6-13(20)7-3-11/h2-9,17H,10H2,1H3,(H,23,27). The molecule has 1 aliphatic rings. The van der Waals surface area contributed by atoms with Crippen LogP contribution in [0.5, 0.6) is 5.75 Å². The summed E-state index contributed by atoms with van der Waals surface area (Å²) < 4.78 is 41.7. The van der Waals surface area contributed by atoms with E-state index in [0.717, 1.165) is 17.0 Å². The van der Waals surface area contributed by atoms with Crippen LogP contribution in [-0.2, 0) is 10.3 Å². The molecule has 2 aromatic rings. The minimum atomic E-state index is -2.98. The number of nitrogens with zero attached hydrogens (tertiary/aromatic N) is 1. The van der Waals surface area contributed by atoms with Gasteiger partial charge in [-0.1, -0.05) is 12.1 Å². The van der Waals surface area contributed by atoms with Crippen LogP contribution < -0.4 is 10.1 Å². The van der Waals surface area contributed by atoms with Crippen molar-refractivity contribution in [3.63, 3.8) is 0 Å². The van der Waals surface area contributed by atoms with E-state index in [1.807, 2.05) is 0 Å². The summed E-state index contributed by atoms with van der Waals surface area (Å²) in [6.07, 6.45) is 0. The van der Waals surface area contributed by atoms with Crippen LogP contribution in [0.15, 0.2) is 48.5 Å². The summed E-state index contributed by atoms with van der Waals surface area (Å²) >= 11 is 0. The first kappa shape index (κ1) is 19.4. The van der Waals surface area contributed by atoms with E-state index in [-0.39, 0.29) is 11.3 Å². The van der Waals surface area contributed by atoms with Gasteiger partial charge in [-0.2, -0.15) is 8.78 Å². The van der Waals surface area contributed by atoms with Gasteiger partial charge < -0.3 is 10.1 Å². The molecule has 0 aliphatic carbocycles. The topological polar surface area (TPSA) is 75.7 Å². The van der Waals surface area contributed by atoms with Crippen LogP contribution in [0.3, 0.4) is 0 Å². The smallest absolute Gasteiger partial charge is 0.387 e. The van der Waals surface area contributed by atoms with Crippen LogP contribution in [-0.4, -0.2) is 35.8 Å². The van der Waals surface area contributed by atoms with Gasteiger partial charge in [-0.05, 0) is 48.9 Å². The van der Waals surface area contributed by atoms with E-state index in [2.05, 4.69) is 10.1 Å². The molecular formula is C19H15F3N2O4. The summed E-state index contributed by atoms with van der Waals surface area (Å²) in [5.41, 5.74) is -0.975. The van der Waals surface area contributed by atoms with Crippen molar-refractivity contribution in [1.29, 1.82) is 0 Å². The summed E-state index contributed by atoms with van der Waals surface area (Å²) in [6, 6.07) is 9.21. The Morgan fingerprint density at radius 1 is 1.11 bits per heavy atom. The Morgan fingerprint density at radius 2 is 1.71 bits per heavy atom. The molecule has 1 atom stereocenters. The van der Waals surface area contributed by atoms with E-state index in [4.69, 9.17) is 0 Å². The molecule has 3 rings (SSSR count). The van der Waals surface area contributed by atoms with Gasteiger partial charge in [0, 0.05) is 5.56 Å². The number of hydrogen-bond donors (Lipinski definition) is 1. The molecule has 146 valence electrons. The first-order chi connectivity index (χ1) is 13.2. The van der Waals surface area contributed by atoms with Gasteiger partial charge in [0.25, 0.3) is 5.91 Å². The number of carbonyl (C=O) groups is 3. The maximum absolute atomic E-state index is 13.0. The fourth-order valence-corrected chi connectivity index (χ4v) is 2.88. The van der Waals surface area contributed by atoms with E-state index in [1.165, 1.54) is 43.3 Å². The number of benzene rings is 2. The third-order valence-electron chi connectivity index (χ3n) is 4.40. The number of urea groups is 1. The van der Waals surface area contributed by atoms with Gasteiger partial charge in [-0.25, -0.2) is 9.18 Å². The molecular weight excluding hydrogens is 377 g/mol. The molecule has 0 spiro atoms. The van der Waals surface area contributed by atoms with Crippen LogP contribution in [0.4, 0.5) is 18.0 Å². The second-order valence-corrected chi connectivity index (χ2v) is 6.28. The zero-order chi connectivity index (χ0) is 20.5. The van der Waals surface area contributed by atoms with Crippen molar-refractivity contribution >= 4 is 17.7 Å². The zero-order valence-electron chi connectivity index (χ0n) is 14.6. The molecule has 9 heteroatoms. The van der Waals surface area contributed by atoms with Gasteiger partial charge in [0.15, 0.2) is 5.78 Å². The average Bonchev–Trinajstić information content (AvgIpc) is 2.86. The fraction of sp³-hybridized carbons (Fsp3) is 0.211. The molecule has 6 nitrogen and oxygen atoms in total. The van der Waals surface area contributed by atoms with Crippen molar-refractivity contribution in [2.45, 2.75) is 19.1 Å². The average molecular weight is 392 g/mol. The quantitative estimate of drug-likeness (QED) is 0.606. The minimum Gasteiger partial charge on any atom is -0.435 e. The van der Waals surface area contributed by atoms with E-state index < -0.39 is 42.2 Å². The van der Waals surface area contributed by atoms with Gasteiger partial charge in [0.1, 0.15) is 17.1 Å². The number of halogens is 3. The van der Waals surface area contributed by atoms with E-state index in [9.17, 15) is 27.6 Å². The highest BCUT2D eigenvalue weighted by Crippen LogP contribution is 2.30. The van der Waals surface area contributed by atoms with Crippen LogP contribution in [0.2, 0.25) is 0 Å². The van der Waals surface area contributed by atoms with E-state index >= 15 is 0 Å². The van der Waals surface area contributed by atoms with Crippen molar-refractivity contribution in [1.82, 2.24) is 10.2 Å². The molecule has 1 unspecified atom stereocenters. The number of hydrogen-bond acceptors (Lipinski definition) is 4. The summed E-state index contributed by atoms with van der Waals surface area (Å²) in [6.45, 7) is -2.06. The second-order valence-electron chi connectivity index (χ2n) is 6.28. The highest BCUT2D eigenvalue weighted by Gasteiger charge is 2.49. The highest BCUT2D eigenvalue weighted by molar-refractivity contribution is 6.11. The first-order valence-corrected chi connectivity index (χ1v) is 8.19. The van der Waals surface area contributed by atoms with Crippen molar-refractivity contribution in [2.24, 2.45) is 0 Å². The Labute approximate surface area is 157 Å². The molecule has 0 bridgehead atoms. The summed E-state index contributed by atoms with van der Waals surface area (Å²) in [5, 5.41) is 2.51. The lowest BCUT2D eigenvalue weighted by atomic mass is 9.92. The Hall–Kier alpha value is -3.36. The summed E-state index contributed by atoms with van der Waals surface area (Å²) in [4.78, 5) is 38.1. The Bertz CT molecular complexity index is 916. The van der Waals surface area contributed by atoms with Crippen LogP contribution in [0.25, 0.3) is 0 Å². The van der Waals surface area contributed by atoms with Gasteiger partial charge in [-0.3, -0.25) is 14.5 Å². The third kappa shape index (κ3) is 3.68. The summed E-state index contributed by atoms with van der Waals surface area (Å²) in [5.74, 6) is -1.82. The van der Waals surface area contributed by atoms with Gasteiger partial charge in [0.05, 0.1) is 6.54 Å². The molecule has 1 N–H and O–H groups in total. The largest absolute Gasteiger partial charge is 0.435 e. The molecule has 28 heavy (non-hydrogen) atoms. The van der Waals surface area contributed by atoms with Crippen LogP contribution in [0, 0.1) is 5.82 Å². The minimum absolute atomic E-state index is 0.0949. The number of Topliss-reactive ketones (excluding diaryl/α,β-unsaturated/α-hetero) is 1. The number of imide groups is 1. The Morgan fingerprint density at radius 3 is 2.29 bits per heavy atom. The Balaban J connectivity index is 1.78. The van der Waals surface area contributed by atoms with Crippen molar-refractivity contribution in [3.8, 4) is 5.75 Å². The molecule has 2 aromatic carbocycles. The molecule has 1 aliphatic heterocycles. The number of nitrogens with one attached hydrogen (secondary N) is 1. The molecule has 0 aromatic heterocycles. The fourth-order valence-electron chi connectivity index (χ4n) is 2.88. The number of alkyl halides is 2. The molecule has 1 fully saturated rings. The monoisotopic (exact) mass is 392 g/mol. The Kier molecular flexibility index (Phi) is 5.08. The first-order valence-electron chi connectivity index (χ1n) is 8.19. The number of rotatable bonds is 6. The van der Waals surface area contributed by atoms with Crippen molar-refractivity contribution < 1.29 is 32.3 Å². The van der Waals surface area contributed by atoms with Gasteiger partial charge >= 0.3 is 12.6 Å². The van der Waals surface area contributed by atoms with Gasteiger partial charge in [0.2, 0.25) is 0 Å². The van der Waals surface area contributed by atoms with Crippen molar-refractivity contribution in [3.05, 3.63) is 65.5 Å². The second kappa shape index (κ2) is 7.34. The lowest BCUT2D eigenvalue weighted by Gasteiger charge is -2.22. The summed E-state index contributed by atoms with van der Waals surface area (Å²) in [7, 11) is 0. The predicted molar refractivity (Wildman–Crippen MR) is 91.4 cm³/mol. The van der Waals surface area contributed by atoms with Crippen molar-refractivity contribution in [2.75, 3.05) is 6.54 Å². The van der Waals surface area contributed by atoms with Crippen LogP contribution >= 0.6 is 0 Å². The lowest BCUT2D eigenvalue weighted by Crippen LogP contribution is -2.41. The SMILES string of the molecule is CC1(c2ccc(OC(F)F)cc2)NC(=O)N(CC(=O)c2ccc(F)cc2)C1=O.